The summed E-state index contributed by atoms with van der Waals surface area (Å²) in [5.74, 6) is -0.443. The molecule has 1 saturated carbocycles. The van der Waals surface area contributed by atoms with E-state index in [1.165, 1.54) is 0 Å². The highest BCUT2D eigenvalue weighted by Crippen LogP contribution is 2.21. The average Bonchev–Trinajstić information content (AvgIpc) is 2.53. The topological polar surface area (TPSA) is 82.7 Å². The van der Waals surface area contributed by atoms with Crippen LogP contribution >= 0.6 is 0 Å². The zero-order chi connectivity index (χ0) is 11.7. The molecule has 0 radical (unpaired) electrons. The second-order valence-electron chi connectivity index (χ2n) is 4.20. The Morgan fingerprint density at radius 1 is 1.62 bits per heavy atom. The number of hydrogen-bond donors (Lipinski definition) is 3. The SMILES string of the molecule is Cc1oc(C(=O)O)cc1CNC1CC(O)C1. The highest BCUT2D eigenvalue weighted by molar-refractivity contribution is 5.84. The largest absolute Gasteiger partial charge is 0.475 e. The van der Waals surface area contributed by atoms with Gasteiger partial charge in [-0.3, -0.25) is 0 Å². The van der Waals surface area contributed by atoms with Crippen molar-refractivity contribution in [1.82, 2.24) is 5.32 Å². The number of carboxylic acids is 1. The third-order valence-electron chi connectivity index (χ3n) is 2.93. The summed E-state index contributed by atoms with van der Waals surface area (Å²) in [7, 11) is 0. The van der Waals surface area contributed by atoms with Crippen LogP contribution in [-0.2, 0) is 6.54 Å². The number of nitrogens with one attached hydrogen (secondary N) is 1. The van der Waals surface area contributed by atoms with Crippen LogP contribution in [0.4, 0.5) is 0 Å². The first kappa shape index (κ1) is 11.2. The number of carboxylic acid groups (broad SMARTS) is 1. The first-order valence-corrected chi connectivity index (χ1v) is 5.30. The van der Waals surface area contributed by atoms with Gasteiger partial charge in [-0.1, -0.05) is 0 Å². The standard InChI is InChI=1S/C11H15NO4/c1-6-7(2-10(16-6)11(14)15)5-12-8-3-9(13)4-8/h2,8-9,12-13H,3-5H2,1H3,(H,14,15). The van der Waals surface area contributed by atoms with Gasteiger partial charge in [0.05, 0.1) is 6.10 Å². The number of aliphatic hydroxyl groups excluding tert-OH is 1. The molecule has 0 amide bonds. The molecule has 5 heteroatoms. The van der Waals surface area contributed by atoms with E-state index in [4.69, 9.17) is 14.6 Å². The maximum Gasteiger partial charge on any atom is 0.371 e. The lowest BCUT2D eigenvalue weighted by Gasteiger charge is -2.32. The molecule has 0 unspecified atom stereocenters. The van der Waals surface area contributed by atoms with E-state index in [2.05, 4.69) is 5.32 Å². The second kappa shape index (κ2) is 4.27. The molecule has 3 N–H and O–H groups in total. The molecule has 2 rings (SSSR count). The van der Waals surface area contributed by atoms with E-state index in [1.807, 2.05) is 0 Å². The van der Waals surface area contributed by atoms with Crippen molar-refractivity contribution >= 4 is 5.97 Å². The van der Waals surface area contributed by atoms with Crippen LogP contribution in [0.2, 0.25) is 0 Å². The highest BCUT2D eigenvalue weighted by atomic mass is 16.4. The van der Waals surface area contributed by atoms with Crippen LogP contribution in [0.15, 0.2) is 10.5 Å². The monoisotopic (exact) mass is 225 g/mol. The van der Waals surface area contributed by atoms with Gasteiger partial charge in [-0.25, -0.2) is 4.79 Å². The maximum atomic E-state index is 10.7. The molecule has 1 fully saturated rings. The number of hydrogen-bond acceptors (Lipinski definition) is 4. The molecule has 1 aromatic heterocycles. The molecule has 0 saturated heterocycles. The molecule has 5 nitrogen and oxygen atoms in total. The van der Waals surface area contributed by atoms with Gasteiger partial charge in [-0.15, -0.1) is 0 Å². The van der Waals surface area contributed by atoms with Crippen molar-refractivity contribution in [2.24, 2.45) is 0 Å². The zero-order valence-corrected chi connectivity index (χ0v) is 9.06. The Morgan fingerprint density at radius 2 is 2.31 bits per heavy atom. The van der Waals surface area contributed by atoms with Gasteiger partial charge in [0.25, 0.3) is 0 Å². The van der Waals surface area contributed by atoms with Crippen molar-refractivity contribution in [2.75, 3.05) is 0 Å². The van der Waals surface area contributed by atoms with Crippen LogP contribution in [-0.4, -0.2) is 28.3 Å². The summed E-state index contributed by atoms with van der Waals surface area (Å²) in [6, 6.07) is 1.87. The minimum Gasteiger partial charge on any atom is -0.475 e. The van der Waals surface area contributed by atoms with Crippen LogP contribution in [0, 0.1) is 6.92 Å². The van der Waals surface area contributed by atoms with Gasteiger partial charge < -0.3 is 19.9 Å². The summed E-state index contributed by atoms with van der Waals surface area (Å²) in [5.41, 5.74) is 0.860. The Labute approximate surface area is 93.1 Å². The van der Waals surface area contributed by atoms with Crippen molar-refractivity contribution < 1.29 is 19.4 Å². The van der Waals surface area contributed by atoms with Crippen molar-refractivity contribution in [1.29, 1.82) is 0 Å². The van der Waals surface area contributed by atoms with E-state index < -0.39 is 5.97 Å². The normalized spacial score (nSPS) is 24.1. The Kier molecular flexibility index (Phi) is 2.98. The molecule has 0 aromatic carbocycles. The van der Waals surface area contributed by atoms with Gasteiger partial charge in [0.2, 0.25) is 5.76 Å². The van der Waals surface area contributed by atoms with E-state index in [0.717, 1.165) is 18.4 Å². The fraction of sp³-hybridized carbons (Fsp3) is 0.545. The van der Waals surface area contributed by atoms with Gasteiger partial charge in [0.15, 0.2) is 0 Å². The van der Waals surface area contributed by atoms with E-state index in [1.54, 1.807) is 13.0 Å². The molecule has 16 heavy (non-hydrogen) atoms. The Morgan fingerprint density at radius 3 is 2.81 bits per heavy atom. The lowest BCUT2D eigenvalue weighted by Crippen LogP contribution is -2.43. The highest BCUT2D eigenvalue weighted by Gasteiger charge is 2.26. The summed E-state index contributed by atoms with van der Waals surface area (Å²) in [6.45, 7) is 2.33. The Bertz CT molecular complexity index is 393. The molecule has 1 aromatic rings. The van der Waals surface area contributed by atoms with Crippen LogP contribution in [0.3, 0.4) is 0 Å². The summed E-state index contributed by atoms with van der Waals surface area (Å²) >= 11 is 0. The third-order valence-corrected chi connectivity index (χ3v) is 2.93. The van der Waals surface area contributed by atoms with Gasteiger partial charge >= 0.3 is 5.97 Å². The van der Waals surface area contributed by atoms with Crippen molar-refractivity contribution in [2.45, 2.75) is 38.5 Å². The summed E-state index contributed by atoms with van der Waals surface area (Å²) < 4.78 is 5.09. The summed E-state index contributed by atoms with van der Waals surface area (Å²) in [6.07, 6.45) is 1.35. The number of aromatic carboxylic acids is 1. The first-order chi connectivity index (χ1) is 7.56. The van der Waals surface area contributed by atoms with Crippen LogP contribution in [0.25, 0.3) is 0 Å². The van der Waals surface area contributed by atoms with Crippen molar-refractivity contribution in [3.05, 3.63) is 23.2 Å². The smallest absolute Gasteiger partial charge is 0.371 e. The Hall–Kier alpha value is -1.33. The summed E-state index contributed by atoms with van der Waals surface area (Å²) in [5, 5.41) is 21.1. The molecule has 0 bridgehead atoms. The lowest BCUT2D eigenvalue weighted by atomic mass is 9.89. The van der Waals surface area contributed by atoms with Gasteiger partial charge in [0.1, 0.15) is 5.76 Å². The third kappa shape index (κ3) is 2.25. The number of furan rings is 1. The van der Waals surface area contributed by atoms with E-state index in [9.17, 15) is 4.79 Å². The molecule has 1 heterocycles. The van der Waals surface area contributed by atoms with Crippen LogP contribution < -0.4 is 5.32 Å². The predicted octanol–water partition coefficient (Wildman–Crippen LogP) is 0.899. The lowest BCUT2D eigenvalue weighted by molar-refractivity contribution is 0.0618. The second-order valence-corrected chi connectivity index (χ2v) is 4.20. The zero-order valence-electron chi connectivity index (χ0n) is 9.06. The van der Waals surface area contributed by atoms with Crippen molar-refractivity contribution in [3.63, 3.8) is 0 Å². The number of aryl methyl sites for hydroxylation is 1. The fourth-order valence-electron chi connectivity index (χ4n) is 1.81. The fourth-order valence-corrected chi connectivity index (χ4v) is 1.81. The minimum atomic E-state index is -1.05. The van der Waals surface area contributed by atoms with E-state index in [0.29, 0.717) is 18.3 Å². The average molecular weight is 225 g/mol. The summed E-state index contributed by atoms with van der Waals surface area (Å²) in [4.78, 5) is 10.7. The Balaban J connectivity index is 1.91. The van der Waals surface area contributed by atoms with Crippen molar-refractivity contribution in [3.8, 4) is 0 Å². The minimum absolute atomic E-state index is 0.0251. The predicted molar refractivity (Wildman–Crippen MR) is 56.3 cm³/mol. The van der Waals surface area contributed by atoms with Gasteiger partial charge in [-0.05, 0) is 25.8 Å². The molecule has 1 aliphatic carbocycles. The molecule has 0 spiro atoms. The molecular formula is C11H15NO4. The van der Waals surface area contributed by atoms with Crippen LogP contribution in [0.5, 0.6) is 0 Å². The van der Waals surface area contributed by atoms with E-state index >= 15 is 0 Å². The van der Waals surface area contributed by atoms with Crippen LogP contribution in [0.1, 0.15) is 34.7 Å². The quantitative estimate of drug-likeness (QED) is 0.709. The number of carbonyl (C=O) groups is 1. The number of rotatable bonds is 4. The molecular weight excluding hydrogens is 210 g/mol. The van der Waals surface area contributed by atoms with Gasteiger partial charge in [-0.2, -0.15) is 0 Å². The van der Waals surface area contributed by atoms with Gasteiger partial charge in [0, 0.05) is 18.2 Å². The molecule has 0 atom stereocenters. The molecule has 1 aliphatic rings. The maximum absolute atomic E-state index is 10.7. The molecule has 88 valence electrons. The van der Waals surface area contributed by atoms with E-state index in [-0.39, 0.29) is 11.9 Å². The number of aliphatic hydroxyl groups is 1. The molecule has 0 aliphatic heterocycles. The first-order valence-electron chi connectivity index (χ1n) is 5.30.